The Balaban J connectivity index is 2.78. The fourth-order valence-corrected chi connectivity index (χ4v) is 1.23. The topological polar surface area (TPSA) is 66.4 Å². The van der Waals surface area contributed by atoms with Gasteiger partial charge in [-0.1, -0.05) is 31.5 Å². The Bertz CT molecular complexity index is 384. The third-order valence-electron chi connectivity index (χ3n) is 2.10. The summed E-state index contributed by atoms with van der Waals surface area (Å²) in [7, 11) is 0. The predicted octanol–water partition coefficient (Wildman–Crippen LogP) is 1.01. The van der Waals surface area contributed by atoms with E-state index in [4.69, 9.17) is 4.74 Å². The lowest BCUT2D eigenvalue weighted by Crippen LogP contribution is -2.25. The molecule has 0 aliphatic heterocycles. The molecule has 0 heterocycles. The van der Waals surface area contributed by atoms with Crippen LogP contribution in [0.1, 0.15) is 40.5 Å². The lowest BCUT2D eigenvalue weighted by molar-refractivity contribution is -0.255. The minimum absolute atomic E-state index is 0.0404. The molecule has 0 aromatic heterocycles. The van der Waals surface area contributed by atoms with Crippen LogP contribution in [0.5, 0.6) is 0 Å². The maximum Gasteiger partial charge on any atom is 0.338 e. The largest absolute Gasteiger partial charge is 0.545 e. The Labute approximate surface area is 93.9 Å². The molecule has 86 valence electrons. The van der Waals surface area contributed by atoms with Crippen molar-refractivity contribution in [2.75, 3.05) is 6.61 Å². The van der Waals surface area contributed by atoms with E-state index in [1.54, 1.807) is 6.07 Å². The van der Waals surface area contributed by atoms with Crippen molar-refractivity contribution in [3.63, 3.8) is 0 Å². The molecule has 16 heavy (non-hydrogen) atoms. The molecule has 0 atom stereocenters. The monoisotopic (exact) mass is 221 g/mol. The first-order valence-corrected chi connectivity index (χ1v) is 5.14. The van der Waals surface area contributed by atoms with Crippen molar-refractivity contribution in [2.45, 2.75) is 19.8 Å². The standard InChI is InChI=1S/C12H14O4/c1-2-3-8-16-12(15)10-7-5-4-6-9(10)11(13)14/h4-7H,2-3,8H2,1H3,(H,13,14)/p-1. The van der Waals surface area contributed by atoms with Crippen LogP contribution < -0.4 is 5.11 Å². The number of aromatic carboxylic acids is 1. The minimum atomic E-state index is -1.37. The molecule has 0 saturated carbocycles. The van der Waals surface area contributed by atoms with Crippen molar-refractivity contribution < 1.29 is 19.4 Å². The molecule has 0 radical (unpaired) electrons. The average Bonchev–Trinajstić information content (AvgIpc) is 2.29. The van der Waals surface area contributed by atoms with Gasteiger partial charge in [-0.15, -0.1) is 0 Å². The van der Waals surface area contributed by atoms with Gasteiger partial charge in [-0.2, -0.15) is 0 Å². The average molecular weight is 221 g/mol. The second-order valence-corrected chi connectivity index (χ2v) is 3.32. The highest BCUT2D eigenvalue weighted by Crippen LogP contribution is 2.09. The molecule has 1 aromatic carbocycles. The molecule has 0 N–H and O–H groups in total. The van der Waals surface area contributed by atoms with E-state index < -0.39 is 11.9 Å². The minimum Gasteiger partial charge on any atom is -0.545 e. The SMILES string of the molecule is CCCCOC(=O)c1ccccc1C(=O)[O-]. The molecule has 1 rings (SSSR count). The number of carbonyl (C=O) groups is 2. The van der Waals surface area contributed by atoms with Gasteiger partial charge >= 0.3 is 5.97 Å². The summed E-state index contributed by atoms with van der Waals surface area (Å²) in [5.74, 6) is -1.99. The van der Waals surface area contributed by atoms with Crippen molar-refractivity contribution in [2.24, 2.45) is 0 Å². The van der Waals surface area contributed by atoms with Gasteiger partial charge in [-0.05, 0) is 12.5 Å². The number of carboxylic acid groups (broad SMARTS) is 1. The van der Waals surface area contributed by atoms with Crippen molar-refractivity contribution in [1.29, 1.82) is 0 Å². The van der Waals surface area contributed by atoms with E-state index in [9.17, 15) is 14.7 Å². The van der Waals surface area contributed by atoms with E-state index in [2.05, 4.69) is 0 Å². The van der Waals surface area contributed by atoms with Crippen LogP contribution in [-0.4, -0.2) is 18.5 Å². The van der Waals surface area contributed by atoms with Gasteiger partial charge in [0.25, 0.3) is 0 Å². The molecule has 0 amide bonds. The van der Waals surface area contributed by atoms with Gasteiger partial charge in [0.15, 0.2) is 0 Å². The second kappa shape index (κ2) is 5.90. The van der Waals surface area contributed by atoms with Crippen molar-refractivity contribution >= 4 is 11.9 Å². The Hall–Kier alpha value is -1.84. The van der Waals surface area contributed by atoms with Crippen molar-refractivity contribution in [3.8, 4) is 0 Å². The Morgan fingerprint density at radius 3 is 2.44 bits per heavy atom. The van der Waals surface area contributed by atoms with Gasteiger partial charge in [0.1, 0.15) is 0 Å². The summed E-state index contributed by atoms with van der Waals surface area (Å²) in [5, 5.41) is 10.7. The first kappa shape index (κ1) is 12.2. The molecule has 0 spiro atoms. The van der Waals surface area contributed by atoms with Crippen molar-refractivity contribution in [3.05, 3.63) is 35.4 Å². The Morgan fingerprint density at radius 1 is 1.25 bits per heavy atom. The van der Waals surface area contributed by atoms with E-state index in [1.807, 2.05) is 6.92 Å². The zero-order valence-electron chi connectivity index (χ0n) is 9.06. The first-order valence-electron chi connectivity index (χ1n) is 5.14. The number of carboxylic acids is 1. The van der Waals surface area contributed by atoms with E-state index in [-0.39, 0.29) is 11.1 Å². The molecular formula is C12H13O4-. The lowest BCUT2D eigenvalue weighted by atomic mass is 10.1. The van der Waals surface area contributed by atoms with Crippen LogP contribution in [-0.2, 0) is 4.74 Å². The van der Waals surface area contributed by atoms with Crippen LogP contribution in [0.2, 0.25) is 0 Å². The maximum absolute atomic E-state index is 11.5. The molecule has 0 unspecified atom stereocenters. The maximum atomic E-state index is 11.5. The van der Waals surface area contributed by atoms with Crippen LogP contribution in [0, 0.1) is 0 Å². The number of esters is 1. The number of unbranched alkanes of at least 4 members (excludes halogenated alkanes) is 1. The number of ether oxygens (including phenoxy) is 1. The van der Waals surface area contributed by atoms with Gasteiger partial charge in [0.05, 0.1) is 18.1 Å². The fraction of sp³-hybridized carbons (Fsp3) is 0.333. The van der Waals surface area contributed by atoms with E-state index in [0.717, 1.165) is 12.8 Å². The van der Waals surface area contributed by atoms with Crippen LogP contribution in [0.4, 0.5) is 0 Å². The summed E-state index contributed by atoms with van der Waals surface area (Å²) in [4.78, 5) is 22.3. The zero-order chi connectivity index (χ0) is 12.0. The van der Waals surface area contributed by atoms with E-state index in [0.29, 0.717) is 6.61 Å². The number of rotatable bonds is 5. The third kappa shape index (κ3) is 3.08. The second-order valence-electron chi connectivity index (χ2n) is 3.32. The number of carbonyl (C=O) groups excluding carboxylic acids is 2. The lowest BCUT2D eigenvalue weighted by Gasteiger charge is -2.09. The number of hydrogen-bond donors (Lipinski definition) is 0. The van der Waals surface area contributed by atoms with E-state index >= 15 is 0 Å². The van der Waals surface area contributed by atoms with Gasteiger partial charge in [0, 0.05) is 5.56 Å². The summed E-state index contributed by atoms with van der Waals surface area (Å²) in [6.07, 6.45) is 1.68. The van der Waals surface area contributed by atoms with Gasteiger partial charge < -0.3 is 14.6 Å². The number of hydrogen-bond acceptors (Lipinski definition) is 4. The molecule has 1 aromatic rings. The van der Waals surface area contributed by atoms with Gasteiger partial charge in [-0.25, -0.2) is 4.79 Å². The fourth-order valence-electron chi connectivity index (χ4n) is 1.23. The molecular weight excluding hydrogens is 208 g/mol. The molecule has 0 aliphatic carbocycles. The normalized spacial score (nSPS) is 9.81. The molecule has 0 bridgehead atoms. The molecule has 0 fully saturated rings. The highest BCUT2D eigenvalue weighted by molar-refractivity contribution is 6.01. The summed E-state index contributed by atoms with van der Waals surface area (Å²) < 4.78 is 4.93. The summed E-state index contributed by atoms with van der Waals surface area (Å²) in [5.41, 5.74) is -0.0948. The molecule has 0 aliphatic rings. The molecule has 4 heteroatoms. The smallest absolute Gasteiger partial charge is 0.338 e. The molecule has 0 saturated heterocycles. The van der Waals surface area contributed by atoms with Crippen LogP contribution in [0.15, 0.2) is 24.3 Å². The van der Waals surface area contributed by atoms with Crippen LogP contribution in [0.3, 0.4) is 0 Å². The Kier molecular flexibility index (Phi) is 4.51. The zero-order valence-corrected chi connectivity index (χ0v) is 9.06. The van der Waals surface area contributed by atoms with E-state index in [1.165, 1.54) is 18.2 Å². The highest BCUT2D eigenvalue weighted by Gasteiger charge is 2.12. The first-order chi connectivity index (χ1) is 7.66. The number of benzene rings is 1. The summed E-state index contributed by atoms with van der Waals surface area (Å²) in [6, 6.07) is 5.86. The Morgan fingerprint density at radius 2 is 1.88 bits per heavy atom. The quantitative estimate of drug-likeness (QED) is 0.549. The van der Waals surface area contributed by atoms with Gasteiger partial charge in [0.2, 0.25) is 0 Å². The third-order valence-corrected chi connectivity index (χ3v) is 2.10. The van der Waals surface area contributed by atoms with Gasteiger partial charge in [-0.3, -0.25) is 0 Å². The summed E-state index contributed by atoms with van der Waals surface area (Å²) in [6.45, 7) is 2.28. The van der Waals surface area contributed by atoms with Crippen LogP contribution >= 0.6 is 0 Å². The predicted molar refractivity (Wildman–Crippen MR) is 56.0 cm³/mol. The highest BCUT2D eigenvalue weighted by atomic mass is 16.5. The van der Waals surface area contributed by atoms with Crippen molar-refractivity contribution in [1.82, 2.24) is 0 Å². The summed E-state index contributed by atoms with van der Waals surface area (Å²) >= 11 is 0. The molecule has 4 nitrogen and oxygen atoms in total. The van der Waals surface area contributed by atoms with Crippen LogP contribution in [0.25, 0.3) is 0 Å².